The summed E-state index contributed by atoms with van der Waals surface area (Å²) in [5.41, 5.74) is 11.9. The molecule has 0 fully saturated rings. The SMILES string of the molecule is CCc1c(N)cc(Cl)c(CC)c1NC(=O)N(c1ccc(C(C)C)cc1)[C@@H](C)c1ccc(F)cc1. The number of hydrogen-bond acceptors (Lipinski definition) is 2. The molecule has 0 aliphatic rings. The maximum Gasteiger partial charge on any atom is 0.326 e. The largest absolute Gasteiger partial charge is 0.398 e. The lowest BCUT2D eigenvalue weighted by Crippen LogP contribution is -2.37. The third-order valence-electron chi connectivity index (χ3n) is 6.26. The second-order valence-corrected chi connectivity index (χ2v) is 9.17. The Morgan fingerprint density at radius 2 is 1.53 bits per heavy atom. The van der Waals surface area contributed by atoms with E-state index in [-0.39, 0.29) is 17.9 Å². The Kier molecular flexibility index (Phi) is 8.21. The Hall–Kier alpha value is -3.05. The van der Waals surface area contributed by atoms with Crippen LogP contribution in [0.4, 0.5) is 26.2 Å². The van der Waals surface area contributed by atoms with Gasteiger partial charge in [0, 0.05) is 16.4 Å². The van der Waals surface area contributed by atoms with Crippen molar-refractivity contribution in [3.8, 4) is 0 Å². The number of hydrogen-bond donors (Lipinski definition) is 2. The minimum Gasteiger partial charge on any atom is -0.398 e. The molecule has 0 saturated heterocycles. The van der Waals surface area contributed by atoms with Gasteiger partial charge in [0.25, 0.3) is 0 Å². The zero-order chi connectivity index (χ0) is 25.0. The highest BCUT2D eigenvalue weighted by Crippen LogP contribution is 2.36. The number of nitrogen functional groups attached to an aromatic ring is 1. The molecule has 34 heavy (non-hydrogen) atoms. The maximum absolute atomic E-state index is 13.8. The van der Waals surface area contributed by atoms with Crippen LogP contribution in [0.2, 0.25) is 5.02 Å². The number of anilines is 3. The average Bonchev–Trinajstić information content (AvgIpc) is 2.80. The van der Waals surface area contributed by atoms with Gasteiger partial charge in [-0.3, -0.25) is 4.90 Å². The number of nitrogens with two attached hydrogens (primary N) is 1. The predicted molar refractivity (Wildman–Crippen MR) is 141 cm³/mol. The first-order valence-electron chi connectivity index (χ1n) is 11.7. The predicted octanol–water partition coefficient (Wildman–Crippen LogP) is 8.11. The Bertz CT molecular complexity index is 1120. The summed E-state index contributed by atoms with van der Waals surface area (Å²) in [4.78, 5) is 15.5. The van der Waals surface area contributed by atoms with Crippen LogP contribution in [-0.2, 0) is 12.8 Å². The summed E-state index contributed by atoms with van der Waals surface area (Å²) in [7, 11) is 0. The molecule has 180 valence electrons. The van der Waals surface area contributed by atoms with E-state index in [0.717, 1.165) is 22.4 Å². The Morgan fingerprint density at radius 3 is 2.06 bits per heavy atom. The molecular formula is C28H33ClFN3O. The van der Waals surface area contributed by atoms with E-state index in [4.69, 9.17) is 17.3 Å². The Balaban J connectivity index is 2.08. The zero-order valence-electron chi connectivity index (χ0n) is 20.5. The number of urea groups is 1. The fraction of sp³-hybridized carbons (Fsp3) is 0.321. The molecule has 0 heterocycles. The number of nitrogens with zero attached hydrogens (tertiary/aromatic N) is 1. The maximum atomic E-state index is 13.8. The smallest absolute Gasteiger partial charge is 0.326 e. The lowest BCUT2D eigenvalue weighted by atomic mass is 10.0. The van der Waals surface area contributed by atoms with Crippen molar-refractivity contribution in [2.45, 2.75) is 59.4 Å². The lowest BCUT2D eigenvalue weighted by molar-refractivity contribution is 0.255. The summed E-state index contributed by atoms with van der Waals surface area (Å²) >= 11 is 6.48. The van der Waals surface area contributed by atoms with E-state index in [0.29, 0.717) is 35.2 Å². The second-order valence-electron chi connectivity index (χ2n) is 8.76. The lowest BCUT2D eigenvalue weighted by Gasteiger charge is -2.31. The zero-order valence-corrected chi connectivity index (χ0v) is 21.2. The number of amides is 2. The normalized spacial score (nSPS) is 12.0. The van der Waals surface area contributed by atoms with E-state index >= 15 is 0 Å². The van der Waals surface area contributed by atoms with Crippen molar-refractivity contribution in [1.29, 1.82) is 0 Å². The van der Waals surface area contributed by atoms with Crippen molar-refractivity contribution in [3.63, 3.8) is 0 Å². The summed E-state index contributed by atoms with van der Waals surface area (Å²) in [6, 6.07) is 15.3. The van der Waals surface area contributed by atoms with Gasteiger partial charge in [-0.2, -0.15) is 0 Å². The number of nitrogens with one attached hydrogen (secondary N) is 1. The van der Waals surface area contributed by atoms with Gasteiger partial charge >= 0.3 is 6.03 Å². The Morgan fingerprint density at radius 1 is 0.971 bits per heavy atom. The average molecular weight is 482 g/mol. The molecule has 3 aromatic rings. The van der Waals surface area contributed by atoms with Gasteiger partial charge in [-0.15, -0.1) is 0 Å². The molecule has 0 saturated carbocycles. The highest BCUT2D eigenvalue weighted by Gasteiger charge is 2.26. The molecule has 0 radical (unpaired) electrons. The monoisotopic (exact) mass is 481 g/mol. The molecule has 4 nitrogen and oxygen atoms in total. The van der Waals surface area contributed by atoms with Crippen molar-refractivity contribution in [2.75, 3.05) is 16.0 Å². The molecule has 0 spiro atoms. The highest BCUT2D eigenvalue weighted by molar-refractivity contribution is 6.32. The summed E-state index contributed by atoms with van der Waals surface area (Å²) in [5, 5.41) is 3.64. The van der Waals surface area contributed by atoms with Gasteiger partial charge in [0.1, 0.15) is 5.82 Å². The fourth-order valence-electron chi connectivity index (χ4n) is 4.23. The molecule has 0 aliphatic carbocycles. The van der Waals surface area contributed by atoms with Crippen LogP contribution in [0.15, 0.2) is 54.6 Å². The van der Waals surface area contributed by atoms with Gasteiger partial charge in [-0.1, -0.05) is 63.6 Å². The molecule has 0 unspecified atom stereocenters. The van der Waals surface area contributed by atoms with E-state index in [9.17, 15) is 9.18 Å². The molecule has 3 N–H and O–H groups in total. The van der Waals surface area contributed by atoms with E-state index < -0.39 is 0 Å². The summed E-state index contributed by atoms with van der Waals surface area (Å²) in [6.07, 6.45) is 1.31. The summed E-state index contributed by atoms with van der Waals surface area (Å²) < 4.78 is 13.6. The number of benzene rings is 3. The van der Waals surface area contributed by atoms with Crippen LogP contribution in [0.1, 0.15) is 68.8 Å². The van der Waals surface area contributed by atoms with E-state index in [1.54, 1.807) is 23.1 Å². The summed E-state index contributed by atoms with van der Waals surface area (Å²) in [5.74, 6) is 0.0577. The number of rotatable bonds is 7. The number of carbonyl (C=O) groups is 1. The topological polar surface area (TPSA) is 58.4 Å². The van der Waals surface area contributed by atoms with Gasteiger partial charge in [0.05, 0.1) is 11.7 Å². The minimum absolute atomic E-state index is 0.305. The minimum atomic E-state index is -0.350. The van der Waals surface area contributed by atoms with Crippen molar-refractivity contribution < 1.29 is 9.18 Å². The Labute approximate surface area is 206 Å². The molecule has 3 rings (SSSR count). The van der Waals surface area contributed by atoms with E-state index in [1.807, 2.05) is 45.0 Å². The van der Waals surface area contributed by atoms with Crippen LogP contribution in [0.5, 0.6) is 0 Å². The second kappa shape index (κ2) is 10.9. The quantitative estimate of drug-likeness (QED) is 0.335. The molecule has 6 heteroatoms. The van der Waals surface area contributed by atoms with Crippen LogP contribution >= 0.6 is 11.6 Å². The number of carbonyl (C=O) groups excluding carboxylic acids is 1. The standard InChI is InChI=1S/C28H33ClFN3O/c1-6-23-25(29)16-26(31)24(7-2)27(23)32-28(34)33(18(5)20-8-12-21(30)13-9-20)22-14-10-19(11-15-22)17(3)4/h8-18H,6-7,31H2,1-5H3,(H,32,34)/t18-/m0/s1. The van der Waals surface area contributed by atoms with Crippen LogP contribution < -0.4 is 16.0 Å². The van der Waals surface area contributed by atoms with Gasteiger partial charge in [0.2, 0.25) is 0 Å². The van der Waals surface area contributed by atoms with Crippen LogP contribution in [0.25, 0.3) is 0 Å². The van der Waals surface area contributed by atoms with Gasteiger partial charge in [-0.25, -0.2) is 9.18 Å². The highest BCUT2D eigenvalue weighted by atomic mass is 35.5. The first-order valence-corrected chi connectivity index (χ1v) is 12.1. The third kappa shape index (κ3) is 5.36. The molecule has 0 bridgehead atoms. The molecule has 3 aromatic carbocycles. The van der Waals surface area contributed by atoms with Crippen molar-refractivity contribution >= 4 is 34.7 Å². The van der Waals surface area contributed by atoms with Gasteiger partial charge < -0.3 is 11.1 Å². The molecule has 0 aliphatic heterocycles. The molecular weight excluding hydrogens is 449 g/mol. The molecule has 2 amide bonds. The van der Waals surface area contributed by atoms with Crippen LogP contribution in [0.3, 0.4) is 0 Å². The summed E-state index contributed by atoms with van der Waals surface area (Å²) in [6.45, 7) is 10.2. The number of halogens is 2. The fourth-order valence-corrected chi connectivity index (χ4v) is 4.57. The first kappa shape index (κ1) is 25.6. The van der Waals surface area contributed by atoms with Crippen LogP contribution in [0, 0.1) is 5.82 Å². The van der Waals surface area contributed by atoms with Gasteiger partial charge in [-0.05, 0) is 78.3 Å². The van der Waals surface area contributed by atoms with Crippen LogP contribution in [-0.4, -0.2) is 6.03 Å². The first-order chi connectivity index (χ1) is 16.2. The molecule has 0 aromatic heterocycles. The third-order valence-corrected chi connectivity index (χ3v) is 6.60. The van der Waals surface area contributed by atoms with Crippen molar-refractivity contribution in [1.82, 2.24) is 0 Å². The van der Waals surface area contributed by atoms with E-state index in [1.165, 1.54) is 17.7 Å². The van der Waals surface area contributed by atoms with Gasteiger partial charge in [0.15, 0.2) is 0 Å². The van der Waals surface area contributed by atoms with Crippen molar-refractivity contribution in [3.05, 3.63) is 87.7 Å². The van der Waals surface area contributed by atoms with Crippen molar-refractivity contribution in [2.24, 2.45) is 0 Å². The van der Waals surface area contributed by atoms with E-state index in [2.05, 4.69) is 19.2 Å². The molecule has 1 atom stereocenters.